The normalized spacial score (nSPS) is 22.2. The lowest BCUT2D eigenvalue weighted by Gasteiger charge is -2.20. The van der Waals surface area contributed by atoms with Gasteiger partial charge in [-0.1, -0.05) is 11.3 Å². The van der Waals surface area contributed by atoms with E-state index in [1.54, 1.807) is 6.92 Å². The standard InChI is InChI=1S/C12H20N4O4S2/c1-7-10(21-12(13)14-7)11(17)15-9-5-20-4-8(9)6-22(18,19)16(2)3/h8-9H,4-6H2,1-3H3,(H2,13,14)(H,15,17)/t8-,9-/m0/s1. The van der Waals surface area contributed by atoms with E-state index in [-0.39, 0.29) is 23.6 Å². The fraction of sp³-hybridized carbons (Fsp3) is 0.667. The van der Waals surface area contributed by atoms with Gasteiger partial charge in [0.25, 0.3) is 5.91 Å². The van der Waals surface area contributed by atoms with E-state index >= 15 is 0 Å². The summed E-state index contributed by atoms with van der Waals surface area (Å²) in [6.07, 6.45) is 0. The van der Waals surface area contributed by atoms with Crippen LogP contribution in [-0.4, -0.2) is 62.7 Å². The van der Waals surface area contributed by atoms with Gasteiger partial charge in [0.1, 0.15) is 4.88 Å². The lowest BCUT2D eigenvalue weighted by molar-refractivity contribution is 0.0929. The Morgan fingerprint density at radius 2 is 2.18 bits per heavy atom. The van der Waals surface area contributed by atoms with Gasteiger partial charge in [0.15, 0.2) is 5.13 Å². The van der Waals surface area contributed by atoms with Crippen LogP contribution in [-0.2, 0) is 14.8 Å². The summed E-state index contributed by atoms with van der Waals surface area (Å²) >= 11 is 1.11. The van der Waals surface area contributed by atoms with Crippen molar-refractivity contribution >= 4 is 32.4 Å². The summed E-state index contributed by atoms with van der Waals surface area (Å²) in [7, 11) is -0.370. The number of carbonyl (C=O) groups excluding carboxylic acids is 1. The zero-order valence-electron chi connectivity index (χ0n) is 12.7. The number of nitrogen functional groups attached to an aromatic ring is 1. The second-order valence-electron chi connectivity index (χ2n) is 5.41. The SMILES string of the molecule is Cc1nc(N)sc1C(=O)N[C@H]1COC[C@H]1CS(=O)(=O)N(C)C. The molecular formula is C12H20N4O4S2. The number of amides is 1. The summed E-state index contributed by atoms with van der Waals surface area (Å²) in [6.45, 7) is 2.31. The predicted molar refractivity (Wildman–Crippen MR) is 84.3 cm³/mol. The lowest BCUT2D eigenvalue weighted by atomic mass is 10.1. The Balaban J connectivity index is 2.05. The van der Waals surface area contributed by atoms with E-state index in [0.717, 1.165) is 11.3 Å². The molecule has 1 aromatic rings. The number of nitrogens with two attached hydrogens (primary N) is 1. The minimum atomic E-state index is -3.35. The van der Waals surface area contributed by atoms with E-state index in [1.165, 1.54) is 18.4 Å². The van der Waals surface area contributed by atoms with E-state index in [9.17, 15) is 13.2 Å². The van der Waals surface area contributed by atoms with Crippen molar-refractivity contribution in [2.45, 2.75) is 13.0 Å². The topological polar surface area (TPSA) is 115 Å². The Morgan fingerprint density at radius 1 is 1.50 bits per heavy atom. The highest BCUT2D eigenvalue weighted by molar-refractivity contribution is 7.89. The number of hydrogen-bond donors (Lipinski definition) is 2. The number of nitrogens with zero attached hydrogens (tertiary/aromatic N) is 2. The van der Waals surface area contributed by atoms with Gasteiger partial charge in [0.2, 0.25) is 10.0 Å². The Bertz CT molecular complexity index is 656. The quantitative estimate of drug-likeness (QED) is 0.753. The van der Waals surface area contributed by atoms with Gasteiger partial charge in [-0.15, -0.1) is 0 Å². The third-order valence-electron chi connectivity index (χ3n) is 3.52. The average molecular weight is 348 g/mol. The zero-order valence-corrected chi connectivity index (χ0v) is 14.3. The summed E-state index contributed by atoms with van der Waals surface area (Å²) in [6, 6.07) is -0.343. The van der Waals surface area contributed by atoms with Crippen molar-refractivity contribution in [2.75, 3.05) is 38.8 Å². The number of nitrogens with one attached hydrogen (secondary N) is 1. The van der Waals surface area contributed by atoms with E-state index in [1.807, 2.05) is 0 Å². The van der Waals surface area contributed by atoms with E-state index in [2.05, 4.69) is 10.3 Å². The summed E-state index contributed by atoms with van der Waals surface area (Å²) in [5.41, 5.74) is 6.15. The van der Waals surface area contributed by atoms with Gasteiger partial charge in [-0.3, -0.25) is 4.79 Å². The highest BCUT2D eigenvalue weighted by Crippen LogP contribution is 2.22. The molecule has 3 N–H and O–H groups in total. The third-order valence-corrected chi connectivity index (χ3v) is 6.46. The molecule has 1 aliphatic rings. The maximum atomic E-state index is 12.3. The van der Waals surface area contributed by atoms with E-state index < -0.39 is 10.0 Å². The van der Waals surface area contributed by atoms with Gasteiger partial charge in [0, 0.05) is 20.0 Å². The van der Waals surface area contributed by atoms with Crippen LogP contribution in [0.5, 0.6) is 0 Å². The van der Waals surface area contributed by atoms with Crippen LogP contribution in [0.1, 0.15) is 15.4 Å². The van der Waals surface area contributed by atoms with Crippen LogP contribution in [0, 0.1) is 12.8 Å². The van der Waals surface area contributed by atoms with Crippen molar-refractivity contribution in [1.29, 1.82) is 0 Å². The molecule has 0 aliphatic carbocycles. The third kappa shape index (κ3) is 3.75. The number of anilines is 1. The monoisotopic (exact) mass is 348 g/mol. The maximum absolute atomic E-state index is 12.3. The van der Waals surface area contributed by atoms with E-state index in [4.69, 9.17) is 10.5 Å². The second-order valence-corrected chi connectivity index (χ2v) is 8.66. The zero-order chi connectivity index (χ0) is 16.5. The maximum Gasteiger partial charge on any atom is 0.263 e. The summed E-state index contributed by atoms with van der Waals surface area (Å²) in [5, 5.41) is 3.16. The number of carbonyl (C=O) groups is 1. The molecule has 0 unspecified atom stereocenters. The second kappa shape index (κ2) is 6.49. The minimum absolute atomic E-state index is 0.0608. The van der Waals surface area contributed by atoms with E-state index in [0.29, 0.717) is 28.9 Å². The van der Waals surface area contributed by atoms with Crippen LogP contribution in [0.4, 0.5) is 5.13 Å². The fourth-order valence-corrected chi connectivity index (χ4v) is 4.11. The van der Waals surface area contributed by atoms with Gasteiger partial charge in [-0.25, -0.2) is 17.7 Å². The molecule has 10 heteroatoms. The molecule has 0 spiro atoms. The average Bonchev–Trinajstić information content (AvgIpc) is 2.95. The van der Waals surface area contributed by atoms with Gasteiger partial charge in [0.05, 0.1) is 30.7 Å². The Kier molecular flexibility index (Phi) is 5.05. The lowest BCUT2D eigenvalue weighted by Crippen LogP contribution is -2.43. The van der Waals surface area contributed by atoms with Crippen molar-refractivity contribution in [1.82, 2.24) is 14.6 Å². The first-order chi connectivity index (χ1) is 10.2. The first-order valence-electron chi connectivity index (χ1n) is 6.72. The molecule has 124 valence electrons. The smallest absolute Gasteiger partial charge is 0.263 e. The van der Waals surface area contributed by atoms with Gasteiger partial charge >= 0.3 is 0 Å². The Hall–Kier alpha value is -1.23. The summed E-state index contributed by atoms with van der Waals surface area (Å²) in [5.74, 6) is -0.634. The molecular weight excluding hydrogens is 328 g/mol. The number of sulfonamides is 1. The molecule has 1 aliphatic heterocycles. The molecule has 2 atom stereocenters. The number of rotatable bonds is 5. The predicted octanol–water partition coefficient (Wildman–Crippen LogP) is -0.330. The Morgan fingerprint density at radius 3 is 2.73 bits per heavy atom. The molecule has 22 heavy (non-hydrogen) atoms. The molecule has 0 aromatic carbocycles. The molecule has 2 rings (SSSR count). The fourth-order valence-electron chi connectivity index (χ4n) is 2.20. The number of ether oxygens (including phenoxy) is 1. The molecule has 0 saturated carbocycles. The molecule has 1 amide bonds. The van der Waals surface area contributed by atoms with Crippen molar-refractivity contribution in [3.8, 4) is 0 Å². The number of hydrogen-bond acceptors (Lipinski definition) is 7. The van der Waals surface area contributed by atoms with Crippen LogP contribution >= 0.6 is 11.3 Å². The first-order valence-corrected chi connectivity index (χ1v) is 9.15. The number of thiazole rings is 1. The number of aromatic nitrogens is 1. The van der Waals surface area contributed by atoms with Crippen LogP contribution in [0.15, 0.2) is 0 Å². The van der Waals surface area contributed by atoms with Gasteiger partial charge < -0.3 is 15.8 Å². The molecule has 1 aromatic heterocycles. The van der Waals surface area contributed by atoms with Crippen molar-refractivity contribution in [2.24, 2.45) is 5.92 Å². The molecule has 2 heterocycles. The molecule has 0 bridgehead atoms. The molecule has 1 fully saturated rings. The van der Waals surface area contributed by atoms with Crippen LogP contribution < -0.4 is 11.1 Å². The highest BCUT2D eigenvalue weighted by Gasteiger charge is 2.34. The summed E-state index contributed by atoms with van der Waals surface area (Å²) < 4.78 is 30.5. The molecule has 1 saturated heterocycles. The van der Waals surface area contributed by atoms with Crippen molar-refractivity contribution < 1.29 is 17.9 Å². The Labute approximate surface area is 133 Å². The van der Waals surface area contributed by atoms with Crippen molar-refractivity contribution in [3.63, 3.8) is 0 Å². The minimum Gasteiger partial charge on any atom is -0.379 e. The van der Waals surface area contributed by atoms with Crippen LogP contribution in [0.25, 0.3) is 0 Å². The summed E-state index contributed by atoms with van der Waals surface area (Å²) in [4.78, 5) is 16.7. The van der Waals surface area contributed by atoms with Gasteiger partial charge in [-0.2, -0.15) is 0 Å². The largest absolute Gasteiger partial charge is 0.379 e. The van der Waals surface area contributed by atoms with Crippen LogP contribution in [0.2, 0.25) is 0 Å². The highest BCUT2D eigenvalue weighted by atomic mass is 32.2. The molecule has 8 nitrogen and oxygen atoms in total. The van der Waals surface area contributed by atoms with Crippen LogP contribution in [0.3, 0.4) is 0 Å². The molecule has 0 radical (unpaired) electrons. The van der Waals surface area contributed by atoms with Gasteiger partial charge in [-0.05, 0) is 6.92 Å². The first kappa shape index (κ1) is 17.1. The van der Waals surface area contributed by atoms with Crippen molar-refractivity contribution in [3.05, 3.63) is 10.6 Å². The number of aryl methyl sites for hydroxylation is 1.